The van der Waals surface area contributed by atoms with E-state index in [9.17, 15) is 0 Å². The number of anilines is 1. The van der Waals surface area contributed by atoms with Crippen LogP contribution in [0.5, 0.6) is 0 Å². The third kappa shape index (κ3) is 6.03. The van der Waals surface area contributed by atoms with E-state index in [1.54, 1.807) is 0 Å². The van der Waals surface area contributed by atoms with Gasteiger partial charge >= 0.3 is 0 Å². The van der Waals surface area contributed by atoms with E-state index in [1.165, 1.54) is 38.0 Å². The Labute approximate surface area is 111 Å². The Morgan fingerprint density at radius 1 is 1.17 bits per heavy atom. The van der Waals surface area contributed by atoms with Gasteiger partial charge in [-0.2, -0.15) is 0 Å². The third-order valence-corrected chi connectivity index (χ3v) is 3.31. The van der Waals surface area contributed by atoms with Crippen LogP contribution < -0.4 is 16.0 Å². The van der Waals surface area contributed by atoms with E-state index < -0.39 is 0 Å². The molecule has 3 nitrogen and oxygen atoms in total. The lowest BCUT2D eigenvalue weighted by Gasteiger charge is -2.21. The van der Waals surface area contributed by atoms with Gasteiger partial charge in [0.15, 0.2) is 0 Å². The van der Waals surface area contributed by atoms with Crippen molar-refractivity contribution in [3.63, 3.8) is 0 Å². The molecule has 1 saturated heterocycles. The van der Waals surface area contributed by atoms with Crippen molar-refractivity contribution in [1.29, 1.82) is 0 Å². The smallest absolute Gasteiger partial charge is 0.0360 e. The maximum Gasteiger partial charge on any atom is 0.0360 e. The molecule has 18 heavy (non-hydrogen) atoms. The van der Waals surface area contributed by atoms with Gasteiger partial charge in [0.2, 0.25) is 0 Å². The van der Waals surface area contributed by atoms with Crippen LogP contribution in [0.4, 0.5) is 5.69 Å². The van der Waals surface area contributed by atoms with E-state index in [0.717, 1.165) is 12.5 Å². The minimum Gasteiger partial charge on any atom is -0.378 e. The fourth-order valence-corrected chi connectivity index (χ4v) is 2.13. The lowest BCUT2D eigenvalue weighted by molar-refractivity contribution is 0.358. The van der Waals surface area contributed by atoms with Crippen molar-refractivity contribution in [2.24, 2.45) is 11.7 Å². The quantitative estimate of drug-likeness (QED) is 0.862. The third-order valence-electron chi connectivity index (χ3n) is 3.31. The van der Waals surface area contributed by atoms with Gasteiger partial charge in [-0.05, 0) is 56.9 Å². The Bertz CT molecular complexity index is 289. The standard InChI is InChI=1S/C8H11N.C7H16N2/c1-9(2)8-6-4-3-5-7-8;8-4-1-7-2-5-9-6-3-7/h3-7H,1-2H3;7,9H,1-6,8H2. The number of nitrogens with zero attached hydrogens (tertiary/aromatic N) is 1. The summed E-state index contributed by atoms with van der Waals surface area (Å²) in [5, 5.41) is 3.33. The molecular formula is C15H27N3. The fraction of sp³-hybridized carbons (Fsp3) is 0.600. The minimum atomic E-state index is 0.866. The predicted molar refractivity (Wildman–Crippen MR) is 80.0 cm³/mol. The van der Waals surface area contributed by atoms with Gasteiger partial charge in [0.25, 0.3) is 0 Å². The molecule has 0 radical (unpaired) electrons. The van der Waals surface area contributed by atoms with Crippen molar-refractivity contribution in [3.05, 3.63) is 30.3 Å². The lowest BCUT2D eigenvalue weighted by Crippen LogP contribution is -2.28. The molecule has 0 aromatic heterocycles. The summed E-state index contributed by atoms with van der Waals surface area (Å²) in [7, 11) is 4.07. The molecule has 1 heterocycles. The van der Waals surface area contributed by atoms with Crippen molar-refractivity contribution in [3.8, 4) is 0 Å². The van der Waals surface area contributed by atoms with Crippen LogP contribution in [0, 0.1) is 5.92 Å². The highest BCUT2D eigenvalue weighted by molar-refractivity contribution is 5.43. The van der Waals surface area contributed by atoms with Gasteiger partial charge < -0.3 is 16.0 Å². The molecule has 0 spiro atoms. The number of nitrogens with one attached hydrogen (secondary N) is 1. The first-order chi connectivity index (χ1) is 8.74. The van der Waals surface area contributed by atoms with Crippen LogP contribution in [0.15, 0.2) is 30.3 Å². The molecule has 2 rings (SSSR count). The average Bonchev–Trinajstić information content (AvgIpc) is 2.42. The minimum absolute atomic E-state index is 0.866. The summed E-state index contributed by atoms with van der Waals surface area (Å²) in [6.07, 6.45) is 3.88. The summed E-state index contributed by atoms with van der Waals surface area (Å²) in [6, 6.07) is 10.3. The first-order valence-electron chi connectivity index (χ1n) is 6.87. The molecular weight excluding hydrogens is 222 g/mol. The van der Waals surface area contributed by atoms with Gasteiger partial charge in [-0.25, -0.2) is 0 Å². The number of rotatable bonds is 3. The van der Waals surface area contributed by atoms with Crippen molar-refractivity contribution in [2.45, 2.75) is 19.3 Å². The molecule has 0 atom stereocenters. The first-order valence-corrected chi connectivity index (χ1v) is 6.87. The van der Waals surface area contributed by atoms with Crippen LogP contribution in [0.2, 0.25) is 0 Å². The number of benzene rings is 1. The van der Waals surface area contributed by atoms with Gasteiger partial charge in [0.1, 0.15) is 0 Å². The van der Waals surface area contributed by atoms with Crippen LogP contribution in [-0.2, 0) is 0 Å². The molecule has 0 bridgehead atoms. The van der Waals surface area contributed by atoms with E-state index in [-0.39, 0.29) is 0 Å². The maximum atomic E-state index is 5.44. The highest BCUT2D eigenvalue weighted by atomic mass is 15.1. The molecule has 0 saturated carbocycles. The SMILES string of the molecule is CN(C)c1ccccc1.NCCC1CCNCC1. The maximum absolute atomic E-state index is 5.44. The highest BCUT2D eigenvalue weighted by Gasteiger charge is 2.10. The molecule has 0 unspecified atom stereocenters. The molecule has 0 amide bonds. The van der Waals surface area contributed by atoms with Crippen LogP contribution in [-0.4, -0.2) is 33.7 Å². The van der Waals surface area contributed by atoms with Gasteiger partial charge in [-0.1, -0.05) is 18.2 Å². The Hall–Kier alpha value is -1.06. The number of piperidine rings is 1. The summed E-state index contributed by atoms with van der Waals surface area (Å²) < 4.78 is 0. The normalized spacial score (nSPS) is 15.7. The molecule has 0 aliphatic carbocycles. The largest absolute Gasteiger partial charge is 0.378 e. The Kier molecular flexibility index (Phi) is 7.46. The van der Waals surface area contributed by atoms with E-state index in [1.807, 2.05) is 32.3 Å². The Morgan fingerprint density at radius 2 is 1.78 bits per heavy atom. The lowest BCUT2D eigenvalue weighted by atomic mass is 9.95. The first kappa shape index (κ1) is 15.0. The highest BCUT2D eigenvalue weighted by Crippen LogP contribution is 2.13. The molecule has 102 valence electrons. The molecule has 1 fully saturated rings. The molecule has 1 aliphatic rings. The fourth-order valence-electron chi connectivity index (χ4n) is 2.13. The second-order valence-corrected chi connectivity index (χ2v) is 5.00. The molecule has 1 aromatic carbocycles. The average molecular weight is 249 g/mol. The molecule has 3 heteroatoms. The van der Waals surface area contributed by atoms with Crippen molar-refractivity contribution >= 4 is 5.69 Å². The topological polar surface area (TPSA) is 41.3 Å². The number of hydrogen-bond donors (Lipinski definition) is 2. The van der Waals surface area contributed by atoms with Crippen molar-refractivity contribution in [1.82, 2.24) is 5.32 Å². The second-order valence-electron chi connectivity index (χ2n) is 5.00. The summed E-state index contributed by atoms with van der Waals surface area (Å²) in [4.78, 5) is 2.08. The number of para-hydroxylation sites is 1. The van der Waals surface area contributed by atoms with Gasteiger partial charge in [0.05, 0.1) is 0 Å². The second kappa shape index (κ2) is 8.95. The predicted octanol–water partition coefficient (Wildman–Crippen LogP) is 2.09. The number of hydrogen-bond acceptors (Lipinski definition) is 3. The zero-order valence-electron chi connectivity index (χ0n) is 11.7. The van der Waals surface area contributed by atoms with Crippen molar-refractivity contribution < 1.29 is 0 Å². The Balaban J connectivity index is 0.000000180. The summed E-state index contributed by atoms with van der Waals surface area (Å²) in [5.41, 5.74) is 6.69. The van der Waals surface area contributed by atoms with E-state index in [2.05, 4.69) is 22.3 Å². The van der Waals surface area contributed by atoms with Gasteiger partial charge in [-0.3, -0.25) is 0 Å². The van der Waals surface area contributed by atoms with Crippen LogP contribution in [0.1, 0.15) is 19.3 Å². The summed E-state index contributed by atoms with van der Waals surface area (Å²) in [5.74, 6) is 0.913. The molecule has 1 aliphatic heterocycles. The summed E-state index contributed by atoms with van der Waals surface area (Å²) in [6.45, 7) is 3.26. The van der Waals surface area contributed by atoms with Crippen LogP contribution in [0.25, 0.3) is 0 Å². The molecule has 3 N–H and O–H groups in total. The van der Waals surface area contributed by atoms with Crippen LogP contribution >= 0.6 is 0 Å². The zero-order chi connectivity index (χ0) is 13.2. The zero-order valence-corrected chi connectivity index (χ0v) is 11.7. The summed E-state index contributed by atoms with van der Waals surface area (Å²) >= 11 is 0. The van der Waals surface area contributed by atoms with Gasteiger partial charge in [0, 0.05) is 19.8 Å². The van der Waals surface area contributed by atoms with Crippen LogP contribution in [0.3, 0.4) is 0 Å². The monoisotopic (exact) mass is 249 g/mol. The van der Waals surface area contributed by atoms with Crippen molar-refractivity contribution in [2.75, 3.05) is 38.6 Å². The van der Waals surface area contributed by atoms with E-state index in [4.69, 9.17) is 5.73 Å². The molecule has 1 aromatic rings. The van der Waals surface area contributed by atoms with E-state index >= 15 is 0 Å². The van der Waals surface area contributed by atoms with E-state index in [0.29, 0.717) is 0 Å². The van der Waals surface area contributed by atoms with Gasteiger partial charge in [-0.15, -0.1) is 0 Å². The Morgan fingerprint density at radius 3 is 2.22 bits per heavy atom. The number of nitrogens with two attached hydrogens (primary N) is 1.